The minimum atomic E-state index is 0.251. The number of aryl methyl sites for hydroxylation is 1. The molecule has 3 heterocycles. The molecule has 1 aliphatic heterocycles. The summed E-state index contributed by atoms with van der Waals surface area (Å²) in [6.45, 7) is 4.39. The highest BCUT2D eigenvalue weighted by Crippen LogP contribution is 2.23. The molecule has 0 saturated carbocycles. The minimum Gasteiger partial charge on any atom is -0.484 e. The maximum Gasteiger partial charge on any atom is 0.264 e. The minimum absolute atomic E-state index is 0.251. The van der Waals surface area contributed by atoms with E-state index in [9.17, 15) is 0 Å². The highest BCUT2D eigenvalue weighted by atomic mass is 16.5. The molecule has 1 aromatic carbocycles. The van der Waals surface area contributed by atoms with E-state index in [4.69, 9.17) is 9.26 Å². The van der Waals surface area contributed by atoms with Crippen LogP contribution in [0.1, 0.15) is 24.3 Å². The lowest BCUT2D eigenvalue weighted by molar-refractivity contribution is 0.243. The van der Waals surface area contributed by atoms with Gasteiger partial charge in [-0.25, -0.2) is 4.98 Å². The van der Waals surface area contributed by atoms with E-state index < -0.39 is 0 Å². The maximum atomic E-state index is 5.71. The van der Waals surface area contributed by atoms with E-state index >= 15 is 0 Å². The van der Waals surface area contributed by atoms with Gasteiger partial charge in [0, 0.05) is 24.8 Å². The average Bonchev–Trinajstić information content (AvgIpc) is 3.32. The Kier molecular flexibility index (Phi) is 4.33. The SMILES string of the molecule is Cc1cccc(OCc2nc(-c3ccnc(N4CCCC4)c3)no2)c1. The number of aromatic nitrogens is 3. The molecule has 128 valence electrons. The number of hydrogen-bond acceptors (Lipinski definition) is 6. The molecule has 0 spiro atoms. The molecule has 2 aromatic heterocycles. The number of hydrogen-bond donors (Lipinski definition) is 0. The highest BCUT2D eigenvalue weighted by Gasteiger charge is 2.16. The van der Waals surface area contributed by atoms with Gasteiger partial charge in [-0.15, -0.1) is 0 Å². The molecular weight excluding hydrogens is 316 g/mol. The van der Waals surface area contributed by atoms with Crippen molar-refractivity contribution in [1.29, 1.82) is 0 Å². The normalized spacial score (nSPS) is 14.0. The van der Waals surface area contributed by atoms with E-state index in [-0.39, 0.29) is 6.61 Å². The summed E-state index contributed by atoms with van der Waals surface area (Å²) >= 11 is 0. The topological polar surface area (TPSA) is 64.3 Å². The first-order valence-corrected chi connectivity index (χ1v) is 8.51. The summed E-state index contributed by atoms with van der Waals surface area (Å²) in [6.07, 6.45) is 4.23. The van der Waals surface area contributed by atoms with Crippen molar-refractivity contribution in [2.75, 3.05) is 18.0 Å². The summed E-state index contributed by atoms with van der Waals surface area (Å²) in [5.41, 5.74) is 2.05. The maximum absolute atomic E-state index is 5.71. The first-order chi connectivity index (χ1) is 12.3. The Labute approximate surface area is 146 Å². The summed E-state index contributed by atoms with van der Waals surface area (Å²) in [7, 11) is 0. The fraction of sp³-hybridized carbons (Fsp3) is 0.316. The van der Waals surface area contributed by atoms with Crippen molar-refractivity contribution in [3.8, 4) is 17.1 Å². The van der Waals surface area contributed by atoms with Crippen LogP contribution in [0.25, 0.3) is 11.4 Å². The van der Waals surface area contributed by atoms with Crippen LogP contribution in [0.4, 0.5) is 5.82 Å². The third-order valence-corrected chi connectivity index (χ3v) is 4.25. The van der Waals surface area contributed by atoms with E-state index in [0.717, 1.165) is 35.8 Å². The molecule has 0 unspecified atom stereocenters. The second-order valence-electron chi connectivity index (χ2n) is 6.21. The second-order valence-corrected chi connectivity index (χ2v) is 6.21. The third kappa shape index (κ3) is 3.63. The number of ether oxygens (including phenoxy) is 1. The fourth-order valence-electron chi connectivity index (χ4n) is 2.96. The molecule has 0 aliphatic carbocycles. The quantitative estimate of drug-likeness (QED) is 0.709. The lowest BCUT2D eigenvalue weighted by atomic mass is 10.2. The first-order valence-electron chi connectivity index (χ1n) is 8.51. The van der Waals surface area contributed by atoms with Gasteiger partial charge >= 0.3 is 0 Å². The van der Waals surface area contributed by atoms with Crippen LogP contribution in [0.5, 0.6) is 5.75 Å². The monoisotopic (exact) mass is 336 g/mol. The van der Waals surface area contributed by atoms with Gasteiger partial charge in [0.05, 0.1) is 0 Å². The number of nitrogens with zero attached hydrogens (tertiary/aromatic N) is 4. The Balaban J connectivity index is 1.46. The van der Waals surface area contributed by atoms with Crippen molar-refractivity contribution in [2.45, 2.75) is 26.4 Å². The molecule has 3 aromatic rings. The van der Waals surface area contributed by atoms with Crippen LogP contribution in [0.3, 0.4) is 0 Å². The third-order valence-electron chi connectivity index (χ3n) is 4.25. The Morgan fingerprint density at radius 3 is 2.88 bits per heavy atom. The van der Waals surface area contributed by atoms with Crippen molar-refractivity contribution in [2.24, 2.45) is 0 Å². The largest absolute Gasteiger partial charge is 0.484 e. The Morgan fingerprint density at radius 2 is 2.04 bits per heavy atom. The van der Waals surface area contributed by atoms with E-state index in [1.54, 1.807) is 6.20 Å². The molecule has 1 saturated heterocycles. The molecule has 4 rings (SSSR count). The molecular formula is C19H20N4O2. The summed E-state index contributed by atoms with van der Waals surface area (Å²) in [5.74, 6) is 2.78. The lowest BCUT2D eigenvalue weighted by Crippen LogP contribution is -2.18. The Morgan fingerprint density at radius 1 is 1.16 bits per heavy atom. The Bertz CT molecular complexity index is 856. The zero-order valence-electron chi connectivity index (χ0n) is 14.2. The van der Waals surface area contributed by atoms with Crippen LogP contribution in [-0.2, 0) is 6.61 Å². The van der Waals surface area contributed by atoms with E-state index in [1.165, 1.54) is 12.8 Å². The number of rotatable bonds is 5. The van der Waals surface area contributed by atoms with Crippen molar-refractivity contribution >= 4 is 5.82 Å². The van der Waals surface area contributed by atoms with Gasteiger partial charge in [-0.05, 0) is 49.6 Å². The smallest absolute Gasteiger partial charge is 0.264 e. The van der Waals surface area contributed by atoms with Gasteiger partial charge in [0.25, 0.3) is 5.89 Å². The summed E-state index contributed by atoms with van der Waals surface area (Å²) in [6, 6.07) is 11.8. The summed E-state index contributed by atoms with van der Waals surface area (Å²) in [4.78, 5) is 11.2. The molecule has 0 N–H and O–H groups in total. The van der Waals surface area contributed by atoms with Crippen molar-refractivity contribution < 1.29 is 9.26 Å². The van der Waals surface area contributed by atoms with Crippen molar-refractivity contribution in [3.63, 3.8) is 0 Å². The fourth-order valence-corrected chi connectivity index (χ4v) is 2.96. The molecule has 0 amide bonds. The van der Waals surface area contributed by atoms with Crippen LogP contribution in [0.2, 0.25) is 0 Å². The van der Waals surface area contributed by atoms with Gasteiger partial charge in [0.15, 0.2) is 6.61 Å². The van der Waals surface area contributed by atoms with E-state index in [1.807, 2.05) is 43.3 Å². The van der Waals surface area contributed by atoms with Crippen molar-refractivity contribution in [3.05, 3.63) is 54.0 Å². The number of benzene rings is 1. The van der Waals surface area contributed by atoms with Gasteiger partial charge in [0.2, 0.25) is 5.82 Å². The average molecular weight is 336 g/mol. The Hall–Kier alpha value is -2.89. The predicted octanol–water partition coefficient (Wildman–Crippen LogP) is 3.62. The zero-order valence-corrected chi connectivity index (χ0v) is 14.2. The molecule has 0 atom stereocenters. The molecule has 1 aliphatic rings. The molecule has 25 heavy (non-hydrogen) atoms. The van der Waals surface area contributed by atoms with Gasteiger partial charge < -0.3 is 14.2 Å². The second kappa shape index (κ2) is 6.93. The molecule has 6 heteroatoms. The number of pyridine rings is 1. The van der Waals surface area contributed by atoms with Crippen LogP contribution in [0, 0.1) is 6.92 Å². The van der Waals surface area contributed by atoms with Crippen LogP contribution >= 0.6 is 0 Å². The molecule has 1 fully saturated rings. The molecule has 0 radical (unpaired) electrons. The standard InChI is InChI=1S/C19H20N4O2/c1-14-5-4-6-16(11-14)24-13-18-21-19(22-25-18)15-7-8-20-17(12-15)23-9-2-3-10-23/h4-8,11-12H,2-3,9-10,13H2,1H3. The molecule has 0 bridgehead atoms. The summed E-state index contributed by atoms with van der Waals surface area (Å²) < 4.78 is 11.0. The van der Waals surface area contributed by atoms with E-state index in [0.29, 0.717) is 11.7 Å². The van der Waals surface area contributed by atoms with Gasteiger partial charge in [-0.2, -0.15) is 4.98 Å². The van der Waals surface area contributed by atoms with Gasteiger partial charge in [0.1, 0.15) is 11.6 Å². The van der Waals surface area contributed by atoms with Gasteiger partial charge in [-0.1, -0.05) is 17.3 Å². The van der Waals surface area contributed by atoms with Gasteiger partial charge in [-0.3, -0.25) is 0 Å². The number of anilines is 1. The van der Waals surface area contributed by atoms with E-state index in [2.05, 4.69) is 20.0 Å². The van der Waals surface area contributed by atoms with Crippen LogP contribution < -0.4 is 9.64 Å². The predicted molar refractivity (Wildman–Crippen MR) is 94.5 cm³/mol. The zero-order chi connectivity index (χ0) is 17.1. The van der Waals surface area contributed by atoms with Crippen molar-refractivity contribution in [1.82, 2.24) is 15.1 Å². The van der Waals surface area contributed by atoms with Crippen LogP contribution in [0.15, 0.2) is 47.1 Å². The lowest BCUT2D eigenvalue weighted by Gasteiger charge is -2.16. The molecule has 6 nitrogen and oxygen atoms in total. The summed E-state index contributed by atoms with van der Waals surface area (Å²) in [5, 5.41) is 4.07. The van der Waals surface area contributed by atoms with Crippen LogP contribution in [-0.4, -0.2) is 28.2 Å². The first kappa shape index (κ1) is 15.6. The highest BCUT2D eigenvalue weighted by molar-refractivity contribution is 5.59.